The zero-order valence-electron chi connectivity index (χ0n) is 11.5. The number of hydrogen-bond donors (Lipinski definition) is 1. The average molecular weight is 263 g/mol. The minimum Gasteiger partial charge on any atom is -0.328 e. The van der Waals surface area contributed by atoms with Crippen LogP contribution >= 0.6 is 0 Å². The minimum atomic E-state index is -0.308. The molecule has 0 saturated carbocycles. The van der Waals surface area contributed by atoms with Gasteiger partial charge in [0.2, 0.25) is 0 Å². The molecule has 1 aromatic carbocycles. The number of piperidine rings is 1. The second-order valence-electron chi connectivity index (χ2n) is 5.35. The largest absolute Gasteiger partial charge is 0.328 e. The van der Waals surface area contributed by atoms with Gasteiger partial charge in [0.15, 0.2) is 0 Å². The van der Waals surface area contributed by atoms with Crippen LogP contribution in [0.15, 0.2) is 18.2 Å². The lowest BCUT2D eigenvalue weighted by Gasteiger charge is -2.35. The summed E-state index contributed by atoms with van der Waals surface area (Å²) in [5, 5.41) is 11.0. The first-order valence-corrected chi connectivity index (χ1v) is 6.73. The number of likely N-dealkylation sites (tertiary alicyclic amines) is 1. The molecule has 0 amide bonds. The molecule has 0 aliphatic carbocycles. The molecule has 0 aromatic heterocycles. The van der Waals surface area contributed by atoms with Crippen molar-refractivity contribution in [2.75, 3.05) is 13.1 Å². The molecule has 2 rings (SSSR count). The maximum absolute atomic E-state index is 11.0. The lowest BCUT2D eigenvalue weighted by atomic mass is 9.99. The lowest BCUT2D eigenvalue weighted by molar-refractivity contribution is -0.385. The van der Waals surface area contributed by atoms with E-state index in [9.17, 15) is 10.1 Å². The van der Waals surface area contributed by atoms with Gasteiger partial charge in [-0.1, -0.05) is 12.1 Å². The van der Waals surface area contributed by atoms with E-state index in [2.05, 4.69) is 11.8 Å². The molecule has 19 heavy (non-hydrogen) atoms. The Labute approximate surface area is 113 Å². The van der Waals surface area contributed by atoms with Crippen molar-refractivity contribution in [2.24, 2.45) is 5.73 Å². The smallest absolute Gasteiger partial charge is 0.272 e. The lowest BCUT2D eigenvalue weighted by Crippen LogP contribution is -2.40. The van der Waals surface area contributed by atoms with Crippen molar-refractivity contribution >= 4 is 5.69 Å². The monoisotopic (exact) mass is 263 g/mol. The molecule has 104 valence electrons. The second kappa shape index (κ2) is 5.67. The second-order valence-corrected chi connectivity index (χ2v) is 5.35. The highest BCUT2D eigenvalue weighted by atomic mass is 16.6. The highest BCUT2D eigenvalue weighted by Crippen LogP contribution is 2.28. The van der Waals surface area contributed by atoms with Crippen LogP contribution in [0, 0.1) is 17.0 Å². The van der Waals surface area contributed by atoms with E-state index in [0.29, 0.717) is 11.6 Å². The van der Waals surface area contributed by atoms with Gasteiger partial charge in [-0.05, 0) is 32.3 Å². The number of nitrogens with two attached hydrogens (primary N) is 1. The van der Waals surface area contributed by atoms with Crippen molar-refractivity contribution in [1.29, 1.82) is 0 Å². The topological polar surface area (TPSA) is 72.4 Å². The Morgan fingerprint density at radius 3 is 2.63 bits per heavy atom. The molecule has 2 N–H and O–H groups in total. The molecule has 1 unspecified atom stereocenters. The Bertz CT molecular complexity index is 468. The van der Waals surface area contributed by atoms with Gasteiger partial charge in [0.25, 0.3) is 5.69 Å². The summed E-state index contributed by atoms with van der Waals surface area (Å²) in [7, 11) is 0. The van der Waals surface area contributed by atoms with Crippen molar-refractivity contribution in [3.63, 3.8) is 0 Å². The number of nitro benzene ring substituents is 1. The molecule has 0 radical (unpaired) electrons. The number of rotatable bonds is 3. The first kappa shape index (κ1) is 14.0. The van der Waals surface area contributed by atoms with Gasteiger partial charge in [0, 0.05) is 36.8 Å². The molecule has 1 aromatic rings. The van der Waals surface area contributed by atoms with E-state index >= 15 is 0 Å². The maximum Gasteiger partial charge on any atom is 0.272 e. The molecule has 1 atom stereocenters. The van der Waals surface area contributed by atoms with Crippen LogP contribution in [0.1, 0.15) is 36.9 Å². The third kappa shape index (κ3) is 3.11. The van der Waals surface area contributed by atoms with E-state index in [1.54, 1.807) is 13.0 Å². The molecular formula is C14H21N3O2. The third-order valence-corrected chi connectivity index (χ3v) is 4.03. The van der Waals surface area contributed by atoms with Crippen LogP contribution in [-0.2, 0) is 0 Å². The van der Waals surface area contributed by atoms with E-state index in [1.807, 2.05) is 12.1 Å². The Balaban J connectivity index is 2.17. The maximum atomic E-state index is 11.0. The average Bonchev–Trinajstić information content (AvgIpc) is 2.39. The van der Waals surface area contributed by atoms with Crippen molar-refractivity contribution in [2.45, 2.75) is 38.8 Å². The fourth-order valence-electron chi connectivity index (χ4n) is 2.60. The summed E-state index contributed by atoms with van der Waals surface area (Å²) >= 11 is 0. The van der Waals surface area contributed by atoms with Gasteiger partial charge in [0.1, 0.15) is 0 Å². The summed E-state index contributed by atoms with van der Waals surface area (Å²) in [4.78, 5) is 13.0. The predicted octanol–water partition coefficient (Wildman–Crippen LogP) is 2.39. The summed E-state index contributed by atoms with van der Waals surface area (Å²) < 4.78 is 0. The summed E-state index contributed by atoms with van der Waals surface area (Å²) in [6.07, 6.45) is 2.00. The van der Waals surface area contributed by atoms with E-state index in [0.717, 1.165) is 31.5 Å². The minimum absolute atomic E-state index is 0.201. The molecule has 5 nitrogen and oxygen atoms in total. The van der Waals surface area contributed by atoms with Crippen LogP contribution in [-0.4, -0.2) is 29.0 Å². The molecule has 1 fully saturated rings. The van der Waals surface area contributed by atoms with E-state index in [1.165, 1.54) is 0 Å². The van der Waals surface area contributed by atoms with E-state index in [4.69, 9.17) is 5.73 Å². The zero-order chi connectivity index (χ0) is 14.0. The summed E-state index contributed by atoms with van der Waals surface area (Å²) in [6.45, 7) is 5.80. The molecule has 1 saturated heterocycles. The molecular weight excluding hydrogens is 242 g/mol. The highest BCUT2D eigenvalue weighted by molar-refractivity contribution is 5.43. The Morgan fingerprint density at radius 2 is 2.05 bits per heavy atom. The van der Waals surface area contributed by atoms with E-state index < -0.39 is 0 Å². The number of benzene rings is 1. The first-order chi connectivity index (χ1) is 8.99. The van der Waals surface area contributed by atoms with Gasteiger partial charge < -0.3 is 5.73 Å². The van der Waals surface area contributed by atoms with Crippen LogP contribution in [0.3, 0.4) is 0 Å². The summed E-state index contributed by atoms with van der Waals surface area (Å²) in [5.41, 5.74) is 7.83. The van der Waals surface area contributed by atoms with Crippen LogP contribution in [0.25, 0.3) is 0 Å². The molecule has 0 bridgehead atoms. The molecule has 0 spiro atoms. The van der Waals surface area contributed by atoms with Gasteiger partial charge in [-0.15, -0.1) is 0 Å². The highest BCUT2D eigenvalue weighted by Gasteiger charge is 2.23. The Morgan fingerprint density at radius 1 is 1.42 bits per heavy atom. The van der Waals surface area contributed by atoms with Crippen molar-refractivity contribution in [3.8, 4) is 0 Å². The van der Waals surface area contributed by atoms with Crippen LogP contribution in [0.5, 0.6) is 0 Å². The van der Waals surface area contributed by atoms with Gasteiger partial charge in [0.05, 0.1) is 4.92 Å². The van der Waals surface area contributed by atoms with Gasteiger partial charge in [-0.3, -0.25) is 15.0 Å². The summed E-state index contributed by atoms with van der Waals surface area (Å²) in [6, 6.07) is 6.03. The van der Waals surface area contributed by atoms with Gasteiger partial charge in [-0.25, -0.2) is 0 Å². The molecule has 1 aliphatic heterocycles. The molecule has 1 aliphatic rings. The van der Waals surface area contributed by atoms with E-state index in [-0.39, 0.29) is 16.7 Å². The number of nitro groups is 1. The SMILES string of the molecule is Cc1ccc(C(C)N2CCC(N)CC2)cc1[N+](=O)[O-]. The standard InChI is InChI=1S/C14H21N3O2/c1-10-3-4-12(9-14(10)17(18)19)11(2)16-7-5-13(15)6-8-16/h3-4,9,11,13H,5-8,15H2,1-2H3. The first-order valence-electron chi connectivity index (χ1n) is 6.73. The Hall–Kier alpha value is -1.46. The normalized spacial score (nSPS) is 19.3. The van der Waals surface area contributed by atoms with Gasteiger partial charge in [-0.2, -0.15) is 0 Å². The fourth-order valence-corrected chi connectivity index (χ4v) is 2.60. The van der Waals surface area contributed by atoms with Crippen molar-refractivity contribution < 1.29 is 4.92 Å². The predicted molar refractivity (Wildman–Crippen MR) is 75.0 cm³/mol. The van der Waals surface area contributed by atoms with Crippen molar-refractivity contribution in [3.05, 3.63) is 39.4 Å². The number of hydrogen-bond acceptors (Lipinski definition) is 4. The quantitative estimate of drug-likeness (QED) is 0.671. The number of aryl methyl sites for hydroxylation is 1. The van der Waals surface area contributed by atoms with Crippen LogP contribution in [0.2, 0.25) is 0 Å². The molecule has 5 heteroatoms. The summed E-state index contributed by atoms with van der Waals surface area (Å²) in [5.74, 6) is 0. The van der Waals surface area contributed by atoms with Crippen LogP contribution in [0.4, 0.5) is 5.69 Å². The van der Waals surface area contributed by atoms with Crippen LogP contribution < -0.4 is 5.73 Å². The van der Waals surface area contributed by atoms with Gasteiger partial charge >= 0.3 is 0 Å². The Kier molecular flexibility index (Phi) is 4.17. The fraction of sp³-hybridized carbons (Fsp3) is 0.571. The third-order valence-electron chi connectivity index (χ3n) is 4.03. The van der Waals surface area contributed by atoms with Crippen molar-refractivity contribution in [1.82, 2.24) is 4.90 Å². The number of nitrogens with zero attached hydrogens (tertiary/aromatic N) is 2. The zero-order valence-corrected chi connectivity index (χ0v) is 11.5. The molecule has 1 heterocycles.